The van der Waals surface area contributed by atoms with Crippen molar-refractivity contribution < 1.29 is 4.74 Å². The number of methoxy groups -OCH3 is 1. The second-order valence-corrected chi connectivity index (χ2v) is 6.51. The quantitative estimate of drug-likeness (QED) is 0.692. The van der Waals surface area contributed by atoms with Crippen molar-refractivity contribution in [2.45, 2.75) is 10.7 Å². The van der Waals surface area contributed by atoms with Crippen LogP contribution in [-0.4, -0.2) is 7.11 Å². The van der Waals surface area contributed by atoms with Gasteiger partial charge in [-0.3, -0.25) is 0 Å². The van der Waals surface area contributed by atoms with Crippen LogP contribution >= 0.6 is 47.8 Å². The molecule has 1 aromatic rings. The highest BCUT2D eigenvalue weighted by atomic mass is 79.9. The molecule has 1 rings (SSSR count). The fraction of sp³-hybridized carbons (Fsp3) is 0.333. The van der Waals surface area contributed by atoms with E-state index < -0.39 is 0 Å². The van der Waals surface area contributed by atoms with Crippen LogP contribution in [0.5, 0.6) is 5.75 Å². The fourth-order valence-corrected chi connectivity index (χ4v) is 2.74. The molecule has 0 N–H and O–H groups in total. The van der Waals surface area contributed by atoms with Gasteiger partial charge in [-0.2, -0.15) is 0 Å². The Kier molecular flexibility index (Phi) is 4.26. The second kappa shape index (κ2) is 4.80. The maximum Gasteiger partial charge on any atom is 0.136 e. The summed E-state index contributed by atoms with van der Waals surface area (Å²) in [4.78, 5) is 0. The zero-order valence-electron chi connectivity index (χ0n) is 7.27. The van der Waals surface area contributed by atoms with Gasteiger partial charge in [0.25, 0.3) is 0 Å². The van der Waals surface area contributed by atoms with Gasteiger partial charge in [0.2, 0.25) is 0 Å². The van der Waals surface area contributed by atoms with E-state index in [1.165, 1.54) is 5.56 Å². The lowest BCUT2D eigenvalue weighted by Gasteiger charge is -2.12. The molecule has 0 bridgehead atoms. The summed E-state index contributed by atoms with van der Waals surface area (Å²) >= 11 is 10.4. The molecule has 1 nitrogen and oxygen atoms in total. The smallest absolute Gasteiger partial charge is 0.136 e. The molecule has 0 aromatic heterocycles. The van der Waals surface area contributed by atoms with Crippen molar-refractivity contribution in [2.75, 3.05) is 7.11 Å². The van der Waals surface area contributed by atoms with Gasteiger partial charge in [-0.15, -0.1) is 0 Å². The number of hydrogen-bond acceptors (Lipinski definition) is 1. The maximum atomic E-state index is 5.28. The first-order valence-corrected chi connectivity index (χ1v) is 6.31. The highest BCUT2D eigenvalue weighted by molar-refractivity contribution is 9.24. The molecule has 0 saturated heterocycles. The average Bonchev–Trinajstić information content (AvgIpc) is 2.04. The van der Waals surface area contributed by atoms with E-state index in [1.54, 1.807) is 7.11 Å². The van der Waals surface area contributed by atoms with E-state index in [0.717, 1.165) is 15.8 Å². The standard InChI is InChI=1S/C9H9Br3O/c1-5-6(9(11)12)3-4-7(10)8(5)13-2/h3-4,9H,1-2H3. The number of rotatable bonds is 2. The van der Waals surface area contributed by atoms with Crippen molar-refractivity contribution in [3.8, 4) is 5.75 Å². The molecule has 0 heterocycles. The predicted molar refractivity (Wildman–Crippen MR) is 66.0 cm³/mol. The Bertz CT molecular complexity index is 310. The summed E-state index contributed by atoms with van der Waals surface area (Å²) in [7, 11) is 1.67. The summed E-state index contributed by atoms with van der Waals surface area (Å²) in [5.41, 5.74) is 2.32. The molecule has 72 valence electrons. The third-order valence-electron chi connectivity index (χ3n) is 1.84. The SMILES string of the molecule is COc1c(Br)ccc(C(Br)Br)c1C. The van der Waals surface area contributed by atoms with Crippen molar-refractivity contribution in [3.05, 3.63) is 27.7 Å². The monoisotopic (exact) mass is 370 g/mol. The van der Waals surface area contributed by atoms with Gasteiger partial charge in [0.05, 0.1) is 15.3 Å². The van der Waals surface area contributed by atoms with Crippen molar-refractivity contribution >= 4 is 47.8 Å². The molecule has 0 radical (unpaired) electrons. The van der Waals surface area contributed by atoms with E-state index in [1.807, 2.05) is 13.0 Å². The van der Waals surface area contributed by atoms with Crippen LogP contribution in [0.4, 0.5) is 0 Å². The molecule has 0 fully saturated rings. The predicted octanol–water partition coefficient (Wildman–Crippen LogP) is 4.55. The van der Waals surface area contributed by atoms with Crippen LogP contribution in [-0.2, 0) is 0 Å². The average molecular weight is 373 g/mol. The third-order valence-corrected chi connectivity index (χ3v) is 3.45. The first kappa shape index (κ1) is 11.5. The van der Waals surface area contributed by atoms with E-state index in [9.17, 15) is 0 Å². The second-order valence-electron chi connectivity index (χ2n) is 2.60. The highest BCUT2D eigenvalue weighted by Gasteiger charge is 2.12. The largest absolute Gasteiger partial charge is 0.495 e. The summed E-state index contributed by atoms with van der Waals surface area (Å²) in [6.45, 7) is 2.04. The minimum absolute atomic E-state index is 0.169. The number of alkyl halides is 2. The Morgan fingerprint density at radius 1 is 1.31 bits per heavy atom. The zero-order chi connectivity index (χ0) is 10.0. The number of hydrogen-bond donors (Lipinski definition) is 0. The van der Waals surface area contributed by atoms with Crippen LogP contribution in [0.15, 0.2) is 16.6 Å². The molecule has 0 atom stereocenters. The van der Waals surface area contributed by atoms with E-state index >= 15 is 0 Å². The molecule has 0 unspecified atom stereocenters. The third kappa shape index (κ3) is 2.48. The Labute approximate surface area is 103 Å². The van der Waals surface area contributed by atoms with Crippen LogP contribution in [0, 0.1) is 6.92 Å². The molecule has 0 amide bonds. The fourth-order valence-electron chi connectivity index (χ4n) is 1.16. The lowest BCUT2D eigenvalue weighted by molar-refractivity contribution is 0.408. The van der Waals surface area contributed by atoms with Gasteiger partial charge in [0.15, 0.2) is 0 Å². The first-order chi connectivity index (χ1) is 6.07. The molecular weight excluding hydrogens is 364 g/mol. The van der Waals surface area contributed by atoms with Crippen LogP contribution in [0.2, 0.25) is 0 Å². The summed E-state index contributed by atoms with van der Waals surface area (Å²) in [5, 5.41) is 0. The van der Waals surface area contributed by atoms with Gasteiger partial charge in [-0.25, -0.2) is 0 Å². The minimum Gasteiger partial charge on any atom is -0.495 e. The lowest BCUT2D eigenvalue weighted by atomic mass is 10.1. The highest BCUT2D eigenvalue weighted by Crippen LogP contribution is 2.38. The Balaban J connectivity index is 3.27. The normalized spacial score (nSPS) is 10.6. The number of halogens is 3. The topological polar surface area (TPSA) is 9.23 Å². The van der Waals surface area contributed by atoms with Gasteiger partial charge in [-0.1, -0.05) is 37.9 Å². The summed E-state index contributed by atoms with van der Waals surface area (Å²) in [6.07, 6.45) is 0. The maximum absolute atomic E-state index is 5.28. The van der Waals surface area contributed by atoms with Gasteiger partial charge in [0.1, 0.15) is 5.75 Å². The van der Waals surface area contributed by atoms with E-state index in [-0.39, 0.29) is 3.74 Å². The van der Waals surface area contributed by atoms with Gasteiger partial charge >= 0.3 is 0 Å². The van der Waals surface area contributed by atoms with Crippen LogP contribution < -0.4 is 4.74 Å². The zero-order valence-corrected chi connectivity index (χ0v) is 12.0. The Morgan fingerprint density at radius 2 is 1.92 bits per heavy atom. The van der Waals surface area contributed by atoms with Crippen LogP contribution in [0.25, 0.3) is 0 Å². The molecule has 0 aliphatic rings. The first-order valence-electron chi connectivity index (χ1n) is 3.69. The Morgan fingerprint density at radius 3 is 2.38 bits per heavy atom. The van der Waals surface area contributed by atoms with Crippen molar-refractivity contribution in [1.82, 2.24) is 0 Å². The number of ether oxygens (including phenoxy) is 1. The van der Waals surface area contributed by atoms with Gasteiger partial charge in [-0.05, 0) is 40.0 Å². The molecule has 0 saturated carbocycles. The van der Waals surface area contributed by atoms with Gasteiger partial charge < -0.3 is 4.74 Å². The molecule has 0 aliphatic heterocycles. The van der Waals surface area contributed by atoms with Crippen molar-refractivity contribution in [1.29, 1.82) is 0 Å². The molecule has 13 heavy (non-hydrogen) atoms. The molecular formula is C9H9Br3O. The van der Waals surface area contributed by atoms with Crippen molar-refractivity contribution in [2.24, 2.45) is 0 Å². The van der Waals surface area contributed by atoms with E-state index in [2.05, 4.69) is 53.9 Å². The molecule has 4 heteroatoms. The van der Waals surface area contributed by atoms with Gasteiger partial charge in [0, 0.05) is 0 Å². The van der Waals surface area contributed by atoms with Crippen LogP contribution in [0.1, 0.15) is 14.9 Å². The number of benzene rings is 1. The molecule has 0 spiro atoms. The minimum atomic E-state index is 0.169. The van der Waals surface area contributed by atoms with Crippen molar-refractivity contribution in [3.63, 3.8) is 0 Å². The summed E-state index contributed by atoms with van der Waals surface area (Å²) < 4.78 is 6.43. The molecule has 0 aliphatic carbocycles. The van der Waals surface area contributed by atoms with Crippen LogP contribution in [0.3, 0.4) is 0 Å². The molecule has 1 aromatic carbocycles. The van der Waals surface area contributed by atoms with E-state index in [0.29, 0.717) is 0 Å². The summed E-state index contributed by atoms with van der Waals surface area (Å²) in [6, 6.07) is 4.03. The van der Waals surface area contributed by atoms with E-state index in [4.69, 9.17) is 4.74 Å². The Hall–Kier alpha value is 0.460. The lowest BCUT2D eigenvalue weighted by Crippen LogP contribution is -1.93. The summed E-state index contributed by atoms with van der Waals surface area (Å²) in [5.74, 6) is 0.890.